The average Bonchev–Trinajstić information content (AvgIpc) is 2.41. The van der Waals surface area contributed by atoms with Crippen molar-refractivity contribution in [1.82, 2.24) is 0 Å². The van der Waals surface area contributed by atoms with Gasteiger partial charge >= 0.3 is 0 Å². The molecular formula is C15H14FNOS. The minimum atomic E-state index is -0.400. The van der Waals surface area contributed by atoms with Crippen molar-refractivity contribution in [1.29, 1.82) is 0 Å². The molecular weight excluding hydrogens is 261 g/mol. The summed E-state index contributed by atoms with van der Waals surface area (Å²) in [5.41, 5.74) is 7.22. The summed E-state index contributed by atoms with van der Waals surface area (Å²) in [5.74, 6) is -0.400. The predicted octanol–water partition coefficient (Wildman–Crippen LogP) is 3.18. The number of nitrogens with two attached hydrogens (primary N) is 1. The molecule has 4 heteroatoms. The molecule has 0 fully saturated rings. The lowest BCUT2D eigenvalue weighted by Gasteiger charge is -2.08. The highest BCUT2D eigenvalue weighted by molar-refractivity contribution is 7.80. The van der Waals surface area contributed by atoms with Gasteiger partial charge in [0, 0.05) is 11.1 Å². The summed E-state index contributed by atoms with van der Waals surface area (Å²) < 4.78 is 19.5. The highest BCUT2D eigenvalue weighted by Crippen LogP contribution is 2.14. The van der Waals surface area contributed by atoms with Crippen LogP contribution in [0.1, 0.15) is 16.7 Å². The predicted molar refractivity (Wildman–Crippen MR) is 77.2 cm³/mol. The lowest BCUT2D eigenvalue weighted by Crippen LogP contribution is -2.13. The van der Waals surface area contributed by atoms with Gasteiger partial charge in [0.1, 0.15) is 10.8 Å². The first-order valence-electron chi connectivity index (χ1n) is 5.87. The van der Waals surface area contributed by atoms with Gasteiger partial charge in [-0.15, -0.1) is 0 Å². The van der Waals surface area contributed by atoms with Crippen LogP contribution < -0.4 is 5.73 Å². The van der Waals surface area contributed by atoms with Crippen LogP contribution >= 0.6 is 12.2 Å². The monoisotopic (exact) mass is 275 g/mol. The Bertz CT molecular complexity index is 572. The molecule has 0 aliphatic carbocycles. The van der Waals surface area contributed by atoms with Crippen LogP contribution in [-0.4, -0.2) is 4.99 Å². The van der Waals surface area contributed by atoms with Gasteiger partial charge in [0.2, 0.25) is 0 Å². The minimum absolute atomic E-state index is 0.0578. The quantitative estimate of drug-likeness (QED) is 0.851. The molecule has 2 rings (SSSR count). The van der Waals surface area contributed by atoms with E-state index >= 15 is 0 Å². The van der Waals surface area contributed by atoms with Crippen molar-refractivity contribution in [2.24, 2.45) is 5.73 Å². The normalized spacial score (nSPS) is 10.4. The molecule has 0 saturated heterocycles. The summed E-state index contributed by atoms with van der Waals surface area (Å²) in [4.78, 5) is 0.0578. The Balaban J connectivity index is 2.00. The molecule has 0 aliphatic heterocycles. The van der Waals surface area contributed by atoms with Gasteiger partial charge in [-0.25, -0.2) is 4.39 Å². The van der Waals surface area contributed by atoms with Gasteiger partial charge in [-0.3, -0.25) is 0 Å². The van der Waals surface area contributed by atoms with Gasteiger partial charge in [-0.2, -0.15) is 0 Å². The van der Waals surface area contributed by atoms with Crippen LogP contribution in [0, 0.1) is 5.82 Å². The molecule has 0 radical (unpaired) electrons. The second-order valence-electron chi connectivity index (χ2n) is 4.12. The Morgan fingerprint density at radius 3 is 2.47 bits per heavy atom. The molecule has 0 aliphatic rings. The molecule has 0 spiro atoms. The molecule has 19 heavy (non-hydrogen) atoms. The summed E-state index contributed by atoms with van der Waals surface area (Å²) >= 11 is 4.80. The van der Waals surface area contributed by atoms with E-state index in [0.29, 0.717) is 12.2 Å². The number of rotatable bonds is 5. The van der Waals surface area contributed by atoms with Crippen molar-refractivity contribution < 1.29 is 9.13 Å². The lowest BCUT2D eigenvalue weighted by molar-refractivity contribution is 0.105. The Labute approximate surface area is 117 Å². The third-order valence-electron chi connectivity index (χ3n) is 2.71. The summed E-state index contributed by atoms with van der Waals surface area (Å²) in [7, 11) is 0. The van der Waals surface area contributed by atoms with Crippen LogP contribution in [0.15, 0.2) is 48.5 Å². The van der Waals surface area contributed by atoms with Crippen LogP contribution in [0.3, 0.4) is 0 Å². The van der Waals surface area contributed by atoms with Crippen LogP contribution in [0.2, 0.25) is 0 Å². The molecule has 0 bridgehead atoms. The molecule has 2 aromatic carbocycles. The van der Waals surface area contributed by atoms with E-state index in [2.05, 4.69) is 0 Å². The van der Waals surface area contributed by atoms with E-state index in [-0.39, 0.29) is 17.2 Å². The molecule has 0 amide bonds. The van der Waals surface area contributed by atoms with Crippen LogP contribution in [0.4, 0.5) is 4.39 Å². The van der Waals surface area contributed by atoms with E-state index in [9.17, 15) is 4.39 Å². The van der Waals surface area contributed by atoms with Crippen molar-refractivity contribution >= 4 is 17.2 Å². The van der Waals surface area contributed by atoms with E-state index in [4.69, 9.17) is 22.7 Å². The van der Waals surface area contributed by atoms with E-state index in [1.54, 1.807) is 18.2 Å². The number of thiocarbonyl (C=S) groups is 1. The van der Waals surface area contributed by atoms with E-state index < -0.39 is 5.82 Å². The smallest absolute Gasteiger partial charge is 0.138 e. The van der Waals surface area contributed by atoms with Gasteiger partial charge in [0.25, 0.3) is 0 Å². The van der Waals surface area contributed by atoms with Crippen molar-refractivity contribution in [3.8, 4) is 0 Å². The van der Waals surface area contributed by atoms with Crippen LogP contribution in [0.5, 0.6) is 0 Å². The zero-order valence-electron chi connectivity index (χ0n) is 10.3. The standard InChI is InChI=1S/C15H14FNOS/c16-14-12(7-4-8-13(14)15(17)19)10-18-9-11-5-2-1-3-6-11/h1-8H,9-10H2,(H2,17,19). The van der Waals surface area contributed by atoms with Crippen LogP contribution in [0.25, 0.3) is 0 Å². The molecule has 2 N–H and O–H groups in total. The molecule has 0 atom stereocenters. The Morgan fingerprint density at radius 2 is 1.79 bits per heavy atom. The Kier molecular flexibility index (Phi) is 4.60. The highest BCUT2D eigenvalue weighted by Gasteiger charge is 2.09. The van der Waals surface area contributed by atoms with Gasteiger partial charge in [0.05, 0.1) is 13.2 Å². The van der Waals surface area contributed by atoms with Gasteiger partial charge in [-0.1, -0.05) is 54.7 Å². The summed E-state index contributed by atoms with van der Waals surface area (Å²) in [6, 6.07) is 14.7. The first-order valence-corrected chi connectivity index (χ1v) is 6.28. The zero-order chi connectivity index (χ0) is 13.7. The molecule has 2 aromatic rings. The second kappa shape index (κ2) is 6.41. The third kappa shape index (κ3) is 3.59. The van der Waals surface area contributed by atoms with Gasteiger partial charge < -0.3 is 10.5 Å². The number of ether oxygens (including phenoxy) is 1. The van der Waals surface area contributed by atoms with E-state index in [0.717, 1.165) is 5.56 Å². The minimum Gasteiger partial charge on any atom is -0.389 e. The molecule has 98 valence electrons. The maximum atomic E-state index is 14.0. The summed E-state index contributed by atoms with van der Waals surface area (Å²) in [6.07, 6.45) is 0. The molecule has 0 heterocycles. The van der Waals surface area contributed by atoms with Gasteiger partial charge in [-0.05, 0) is 11.6 Å². The first kappa shape index (κ1) is 13.6. The van der Waals surface area contributed by atoms with Gasteiger partial charge in [0.15, 0.2) is 0 Å². The largest absolute Gasteiger partial charge is 0.389 e. The second-order valence-corrected chi connectivity index (χ2v) is 4.56. The van der Waals surface area contributed by atoms with Crippen molar-refractivity contribution in [3.05, 3.63) is 71.0 Å². The van der Waals surface area contributed by atoms with Crippen molar-refractivity contribution in [2.45, 2.75) is 13.2 Å². The Morgan fingerprint density at radius 1 is 1.05 bits per heavy atom. The summed E-state index contributed by atoms with van der Waals surface area (Å²) in [6.45, 7) is 0.634. The molecule has 0 unspecified atom stereocenters. The maximum Gasteiger partial charge on any atom is 0.138 e. The molecule has 2 nitrogen and oxygen atoms in total. The fourth-order valence-electron chi connectivity index (χ4n) is 1.73. The fourth-order valence-corrected chi connectivity index (χ4v) is 1.89. The lowest BCUT2D eigenvalue weighted by atomic mass is 10.1. The zero-order valence-corrected chi connectivity index (χ0v) is 11.1. The average molecular weight is 275 g/mol. The number of halogens is 1. The molecule has 0 saturated carbocycles. The number of hydrogen-bond acceptors (Lipinski definition) is 2. The summed E-state index contributed by atoms with van der Waals surface area (Å²) in [5, 5.41) is 0. The topological polar surface area (TPSA) is 35.2 Å². The molecule has 0 aromatic heterocycles. The maximum absolute atomic E-state index is 14.0. The van der Waals surface area contributed by atoms with Crippen molar-refractivity contribution in [2.75, 3.05) is 0 Å². The third-order valence-corrected chi connectivity index (χ3v) is 2.93. The number of benzene rings is 2. The van der Waals surface area contributed by atoms with Crippen molar-refractivity contribution in [3.63, 3.8) is 0 Å². The number of hydrogen-bond donors (Lipinski definition) is 1. The highest BCUT2D eigenvalue weighted by atomic mass is 32.1. The Hall–Kier alpha value is -1.78. The SMILES string of the molecule is NC(=S)c1cccc(COCc2ccccc2)c1F. The first-order chi connectivity index (χ1) is 9.18. The van der Waals surface area contributed by atoms with E-state index in [1.807, 2.05) is 30.3 Å². The van der Waals surface area contributed by atoms with Crippen LogP contribution in [-0.2, 0) is 18.0 Å². The fraction of sp³-hybridized carbons (Fsp3) is 0.133. The van der Waals surface area contributed by atoms with E-state index in [1.165, 1.54) is 0 Å².